The molecule has 0 spiro atoms. The van der Waals surface area contributed by atoms with Crippen LogP contribution in [-0.4, -0.2) is 11.5 Å². The van der Waals surface area contributed by atoms with Crippen molar-refractivity contribution in [1.82, 2.24) is 4.98 Å². The summed E-state index contributed by atoms with van der Waals surface area (Å²) >= 11 is 1.74. The molecule has 0 amide bonds. The Morgan fingerprint density at radius 1 is 1.46 bits per heavy atom. The Morgan fingerprint density at radius 2 is 2.31 bits per heavy atom. The second kappa shape index (κ2) is 3.44. The van der Waals surface area contributed by atoms with E-state index in [-0.39, 0.29) is 0 Å². The zero-order valence-electron chi connectivity index (χ0n) is 7.58. The molecule has 2 nitrogen and oxygen atoms in total. The van der Waals surface area contributed by atoms with Gasteiger partial charge in [-0.2, -0.15) is 0 Å². The van der Waals surface area contributed by atoms with Crippen molar-refractivity contribution in [2.75, 3.05) is 6.54 Å². The minimum absolute atomic E-state index is 0.703. The second-order valence-corrected chi connectivity index (χ2v) is 4.31. The number of benzene rings is 1. The van der Waals surface area contributed by atoms with E-state index in [2.05, 4.69) is 23.2 Å². The summed E-state index contributed by atoms with van der Waals surface area (Å²) in [5, 5.41) is 1.12. The monoisotopic (exact) mass is 192 g/mol. The molecule has 2 N–H and O–H groups in total. The fourth-order valence-electron chi connectivity index (χ4n) is 1.41. The van der Waals surface area contributed by atoms with Crippen molar-refractivity contribution >= 4 is 21.6 Å². The molecule has 0 saturated heterocycles. The standard InChI is InChI=1S/C10H12N2S/c1-7-12-9-6-8(4-5-11)2-3-10(9)13-7/h2-3,6H,4-5,11H2,1H3. The molecule has 0 aliphatic rings. The normalized spacial score (nSPS) is 10.9. The van der Waals surface area contributed by atoms with Crippen LogP contribution in [0.25, 0.3) is 10.2 Å². The summed E-state index contributed by atoms with van der Waals surface area (Å²) in [5.41, 5.74) is 7.88. The molecule has 13 heavy (non-hydrogen) atoms. The molecule has 0 atom stereocenters. The van der Waals surface area contributed by atoms with Crippen LogP contribution in [0.15, 0.2) is 18.2 Å². The molecule has 1 aromatic carbocycles. The van der Waals surface area contributed by atoms with E-state index in [1.165, 1.54) is 10.3 Å². The van der Waals surface area contributed by atoms with Gasteiger partial charge in [0, 0.05) is 0 Å². The molecule has 0 bridgehead atoms. The summed E-state index contributed by atoms with van der Waals surface area (Å²) in [7, 11) is 0. The summed E-state index contributed by atoms with van der Waals surface area (Å²) in [6.45, 7) is 2.74. The molecule has 68 valence electrons. The maximum Gasteiger partial charge on any atom is 0.0907 e. The van der Waals surface area contributed by atoms with Crippen LogP contribution >= 0.6 is 11.3 Å². The smallest absolute Gasteiger partial charge is 0.0907 e. The van der Waals surface area contributed by atoms with E-state index >= 15 is 0 Å². The molecule has 0 fully saturated rings. The Labute approximate surface area is 81.4 Å². The predicted molar refractivity (Wildman–Crippen MR) is 57.1 cm³/mol. The van der Waals surface area contributed by atoms with Crippen molar-refractivity contribution in [3.8, 4) is 0 Å². The van der Waals surface area contributed by atoms with Gasteiger partial charge in [-0.05, 0) is 37.6 Å². The number of rotatable bonds is 2. The minimum Gasteiger partial charge on any atom is -0.330 e. The number of hydrogen-bond acceptors (Lipinski definition) is 3. The van der Waals surface area contributed by atoms with E-state index in [0.29, 0.717) is 6.54 Å². The van der Waals surface area contributed by atoms with Crippen molar-refractivity contribution in [2.24, 2.45) is 5.73 Å². The lowest BCUT2D eigenvalue weighted by Crippen LogP contribution is -2.02. The van der Waals surface area contributed by atoms with Crippen LogP contribution in [-0.2, 0) is 6.42 Å². The van der Waals surface area contributed by atoms with E-state index in [0.717, 1.165) is 16.9 Å². The lowest BCUT2D eigenvalue weighted by atomic mass is 10.1. The zero-order valence-corrected chi connectivity index (χ0v) is 8.40. The number of nitrogens with two attached hydrogens (primary N) is 1. The summed E-state index contributed by atoms with van der Waals surface area (Å²) < 4.78 is 1.26. The highest BCUT2D eigenvalue weighted by molar-refractivity contribution is 7.18. The average molecular weight is 192 g/mol. The van der Waals surface area contributed by atoms with Crippen molar-refractivity contribution in [2.45, 2.75) is 13.3 Å². The Morgan fingerprint density at radius 3 is 3.08 bits per heavy atom. The van der Waals surface area contributed by atoms with Crippen LogP contribution in [0.4, 0.5) is 0 Å². The van der Waals surface area contributed by atoms with Crippen LogP contribution in [0.1, 0.15) is 10.6 Å². The van der Waals surface area contributed by atoms with E-state index in [1.807, 2.05) is 6.92 Å². The lowest BCUT2D eigenvalue weighted by molar-refractivity contribution is 0.970. The van der Waals surface area contributed by atoms with Gasteiger partial charge >= 0.3 is 0 Å². The third kappa shape index (κ3) is 1.71. The van der Waals surface area contributed by atoms with Gasteiger partial charge in [0.1, 0.15) is 0 Å². The number of nitrogens with zero attached hydrogens (tertiary/aromatic N) is 1. The molecule has 2 aromatic rings. The highest BCUT2D eigenvalue weighted by Crippen LogP contribution is 2.22. The summed E-state index contributed by atoms with van der Waals surface area (Å²) in [6, 6.07) is 6.39. The van der Waals surface area contributed by atoms with E-state index in [1.54, 1.807) is 11.3 Å². The van der Waals surface area contributed by atoms with E-state index < -0.39 is 0 Å². The summed E-state index contributed by atoms with van der Waals surface area (Å²) in [5.74, 6) is 0. The molecule has 0 saturated carbocycles. The molecule has 0 aliphatic carbocycles. The van der Waals surface area contributed by atoms with Crippen molar-refractivity contribution in [1.29, 1.82) is 0 Å². The van der Waals surface area contributed by atoms with Gasteiger partial charge in [-0.25, -0.2) is 4.98 Å². The molecule has 0 radical (unpaired) electrons. The first-order chi connectivity index (χ1) is 6.29. The number of fused-ring (bicyclic) bond motifs is 1. The van der Waals surface area contributed by atoms with Gasteiger partial charge in [-0.1, -0.05) is 6.07 Å². The average Bonchev–Trinajstić information content (AvgIpc) is 2.44. The third-order valence-electron chi connectivity index (χ3n) is 1.99. The Balaban J connectivity index is 2.48. The largest absolute Gasteiger partial charge is 0.330 e. The van der Waals surface area contributed by atoms with Crippen LogP contribution in [0.3, 0.4) is 0 Å². The highest BCUT2D eigenvalue weighted by atomic mass is 32.1. The fourth-order valence-corrected chi connectivity index (χ4v) is 2.22. The van der Waals surface area contributed by atoms with Gasteiger partial charge in [0.15, 0.2) is 0 Å². The maximum absolute atomic E-state index is 5.49. The fraction of sp³-hybridized carbons (Fsp3) is 0.300. The highest BCUT2D eigenvalue weighted by Gasteiger charge is 2.00. The molecule has 3 heteroatoms. The number of aryl methyl sites for hydroxylation is 1. The van der Waals surface area contributed by atoms with Gasteiger partial charge in [0.25, 0.3) is 0 Å². The summed E-state index contributed by atoms with van der Waals surface area (Å²) in [6.07, 6.45) is 0.937. The van der Waals surface area contributed by atoms with Crippen LogP contribution in [0, 0.1) is 6.92 Å². The van der Waals surface area contributed by atoms with Gasteiger partial charge in [-0.15, -0.1) is 11.3 Å². The molecule has 1 aromatic heterocycles. The first-order valence-electron chi connectivity index (χ1n) is 4.36. The SMILES string of the molecule is Cc1nc2cc(CCN)ccc2s1. The van der Waals surface area contributed by atoms with E-state index in [9.17, 15) is 0 Å². The number of aromatic nitrogens is 1. The quantitative estimate of drug-likeness (QED) is 0.791. The molecule has 0 unspecified atom stereocenters. The Kier molecular flexibility index (Phi) is 2.29. The van der Waals surface area contributed by atoms with Gasteiger partial charge < -0.3 is 5.73 Å². The number of hydrogen-bond donors (Lipinski definition) is 1. The molecule has 2 rings (SSSR count). The van der Waals surface area contributed by atoms with Gasteiger partial charge in [-0.3, -0.25) is 0 Å². The van der Waals surface area contributed by atoms with Gasteiger partial charge in [0.2, 0.25) is 0 Å². The van der Waals surface area contributed by atoms with Gasteiger partial charge in [0.05, 0.1) is 15.2 Å². The van der Waals surface area contributed by atoms with Crippen LogP contribution in [0.5, 0.6) is 0 Å². The van der Waals surface area contributed by atoms with Crippen LogP contribution < -0.4 is 5.73 Å². The minimum atomic E-state index is 0.703. The van der Waals surface area contributed by atoms with Crippen molar-refractivity contribution < 1.29 is 0 Å². The van der Waals surface area contributed by atoms with E-state index in [4.69, 9.17) is 5.73 Å². The van der Waals surface area contributed by atoms with Crippen molar-refractivity contribution in [3.05, 3.63) is 28.8 Å². The Hall–Kier alpha value is -0.930. The molecular formula is C10H12N2S. The first-order valence-corrected chi connectivity index (χ1v) is 5.17. The molecular weight excluding hydrogens is 180 g/mol. The topological polar surface area (TPSA) is 38.9 Å². The van der Waals surface area contributed by atoms with Crippen LogP contribution in [0.2, 0.25) is 0 Å². The Bertz CT molecular complexity index is 420. The third-order valence-corrected chi connectivity index (χ3v) is 2.94. The maximum atomic E-state index is 5.49. The molecule has 1 heterocycles. The summed E-state index contributed by atoms with van der Waals surface area (Å²) in [4.78, 5) is 4.43. The van der Waals surface area contributed by atoms with Crippen molar-refractivity contribution in [3.63, 3.8) is 0 Å². The predicted octanol–water partition coefficient (Wildman–Crippen LogP) is 2.11. The number of thiazole rings is 1. The lowest BCUT2D eigenvalue weighted by Gasteiger charge is -1.96. The molecule has 0 aliphatic heterocycles. The first kappa shape index (κ1) is 8.66. The second-order valence-electron chi connectivity index (χ2n) is 3.07. The zero-order chi connectivity index (χ0) is 9.26.